The van der Waals surface area contributed by atoms with E-state index < -0.39 is 17.0 Å². The van der Waals surface area contributed by atoms with Crippen molar-refractivity contribution in [3.63, 3.8) is 0 Å². The van der Waals surface area contributed by atoms with Gasteiger partial charge in [-0.05, 0) is 25.8 Å². The largest absolute Gasteiger partial charge is 0.449 e. The summed E-state index contributed by atoms with van der Waals surface area (Å²) in [4.78, 5) is 36.5. The van der Waals surface area contributed by atoms with Gasteiger partial charge in [0, 0.05) is 19.2 Å². The van der Waals surface area contributed by atoms with Gasteiger partial charge in [-0.15, -0.1) is 0 Å². The fraction of sp³-hybridized carbons (Fsp3) is 0.500. The van der Waals surface area contributed by atoms with Gasteiger partial charge < -0.3 is 9.64 Å². The standard InChI is InChI=1S/C16H20N2O5/c1-12(15(19)17-10-6-2-3-7-11-17)23-16(20)13-8-4-5-9-14(13)18(21)22/h4-5,8-9,12H,2-3,6-7,10-11H2,1H3. The van der Waals surface area contributed by atoms with Gasteiger partial charge in [-0.1, -0.05) is 25.0 Å². The van der Waals surface area contributed by atoms with Gasteiger partial charge in [0.25, 0.3) is 11.6 Å². The number of rotatable bonds is 4. The Morgan fingerprint density at radius 2 is 1.78 bits per heavy atom. The summed E-state index contributed by atoms with van der Waals surface area (Å²) in [5.74, 6) is -1.10. The number of amides is 1. The second-order valence-electron chi connectivity index (χ2n) is 5.56. The Bertz CT molecular complexity index is 594. The van der Waals surface area contributed by atoms with Crippen LogP contribution in [-0.2, 0) is 9.53 Å². The van der Waals surface area contributed by atoms with E-state index in [9.17, 15) is 19.7 Å². The lowest BCUT2D eigenvalue weighted by molar-refractivity contribution is -0.385. The molecule has 1 aliphatic heterocycles. The summed E-state index contributed by atoms with van der Waals surface area (Å²) in [6.45, 7) is 2.82. The highest BCUT2D eigenvalue weighted by Crippen LogP contribution is 2.20. The molecule has 0 saturated carbocycles. The van der Waals surface area contributed by atoms with E-state index in [1.54, 1.807) is 4.90 Å². The molecule has 0 radical (unpaired) electrons. The van der Waals surface area contributed by atoms with Crippen LogP contribution in [0.2, 0.25) is 0 Å². The number of nitrogens with zero attached hydrogens (tertiary/aromatic N) is 2. The highest BCUT2D eigenvalue weighted by Gasteiger charge is 2.27. The van der Waals surface area contributed by atoms with Gasteiger partial charge in [-0.3, -0.25) is 14.9 Å². The molecular weight excluding hydrogens is 300 g/mol. The Labute approximate surface area is 134 Å². The summed E-state index contributed by atoms with van der Waals surface area (Å²) in [5, 5.41) is 11.0. The summed E-state index contributed by atoms with van der Waals surface area (Å²) >= 11 is 0. The summed E-state index contributed by atoms with van der Waals surface area (Å²) in [6.07, 6.45) is 3.11. The average Bonchev–Trinajstić information content (AvgIpc) is 2.83. The van der Waals surface area contributed by atoms with Gasteiger partial charge in [0.05, 0.1) is 4.92 Å². The molecule has 0 N–H and O–H groups in total. The Morgan fingerprint density at radius 3 is 2.39 bits per heavy atom. The van der Waals surface area contributed by atoms with Crippen molar-refractivity contribution in [3.8, 4) is 0 Å². The van der Waals surface area contributed by atoms with E-state index in [1.165, 1.54) is 31.2 Å². The van der Waals surface area contributed by atoms with Crippen LogP contribution in [0.15, 0.2) is 24.3 Å². The second-order valence-corrected chi connectivity index (χ2v) is 5.56. The molecule has 1 aromatic carbocycles. The smallest absolute Gasteiger partial charge is 0.345 e. The zero-order valence-corrected chi connectivity index (χ0v) is 13.1. The third-order valence-corrected chi connectivity index (χ3v) is 3.87. The number of hydrogen-bond donors (Lipinski definition) is 0. The number of esters is 1. The molecule has 7 nitrogen and oxygen atoms in total. The first-order chi connectivity index (χ1) is 11.0. The van der Waals surface area contributed by atoms with Gasteiger partial charge in [-0.2, -0.15) is 0 Å². The minimum Gasteiger partial charge on any atom is -0.449 e. The molecule has 124 valence electrons. The van der Waals surface area contributed by atoms with Crippen molar-refractivity contribution >= 4 is 17.6 Å². The molecule has 23 heavy (non-hydrogen) atoms. The molecule has 1 saturated heterocycles. The Morgan fingerprint density at radius 1 is 1.17 bits per heavy atom. The number of carbonyl (C=O) groups is 2. The van der Waals surface area contributed by atoms with Crippen LogP contribution in [0.5, 0.6) is 0 Å². The first-order valence-electron chi connectivity index (χ1n) is 7.74. The molecule has 1 aromatic rings. The van der Waals surface area contributed by atoms with E-state index in [-0.39, 0.29) is 17.2 Å². The van der Waals surface area contributed by atoms with Crippen molar-refractivity contribution in [2.75, 3.05) is 13.1 Å². The number of likely N-dealkylation sites (tertiary alicyclic amines) is 1. The highest BCUT2D eigenvalue weighted by molar-refractivity contribution is 5.95. The maximum absolute atomic E-state index is 12.4. The summed E-state index contributed by atoms with van der Waals surface area (Å²) < 4.78 is 5.15. The maximum Gasteiger partial charge on any atom is 0.345 e. The van der Waals surface area contributed by atoms with Crippen molar-refractivity contribution < 1.29 is 19.2 Å². The minimum absolute atomic E-state index is 0.145. The number of para-hydroxylation sites is 1. The van der Waals surface area contributed by atoms with Crippen LogP contribution in [0.3, 0.4) is 0 Å². The van der Waals surface area contributed by atoms with E-state index >= 15 is 0 Å². The maximum atomic E-state index is 12.4. The van der Waals surface area contributed by atoms with Crippen molar-refractivity contribution in [3.05, 3.63) is 39.9 Å². The number of carbonyl (C=O) groups excluding carboxylic acids is 2. The molecule has 7 heteroatoms. The monoisotopic (exact) mass is 320 g/mol. The third kappa shape index (κ3) is 4.28. The van der Waals surface area contributed by atoms with Gasteiger partial charge >= 0.3 is 5.97 Å². The van der Waals surface area contributed by atoms with Gasteiger partial charge in [0.1, 0.15) is 5.56 Å². The zero-order valence-electron chi connectivity index (χ0n) is 13.1. The quantitative estimate of drug-likeness (QED) is 0.483. The van der Waals surface area contributed by atoms with Crippen LogP contribution >= 0.6 is 0 Å². The zero-order chi connectivity index (χ0) is 16.8. The Balaban J connectivity index is 2.04. The molecule has 1 atom stereocenters. The van der Waals surface area contributed by atoms with Crippen LogP contribution < -0.4 is 0 Å². The lowest BCUT2D eigenvalue weighted by Crippen LogP contribution is -2.40. The lowest BCUT2D eigenvalue weighted by Gasteiger charge is -2.23. The fourth-order valence-electron chi connectivity index (χ4n) is 2.63. The molecule has 0 spiro atoms. The molecule has 0 aromatic heterocycles. The molecule has 1 aliphatic rings. The van der Waals surface area contributed by atoms with E-state index in [0.29, 0.717) is 13.1 Å². The van der Waals surface area contributed by atoms with Crippen molar-refractivity contribution in [2.24, 2.45) is 0 Å². The number of benzene rings is 1. The van der Waals surface area contributed by atoms with Gasteiger partial charge in [0.15, 0.2) is 6.10 Å². The second kappa shape index (κ2) is 7.71. The van der Waals surface area contributed by atoms with Crippen LogP contribution in [-0.4, -0.2) is 40.9 Å². The fourth-order valence-corrected chi connectivity index (χ4v) is 2.63. The average molecular weight is 320 g/mol. The van der Waals surface area contributed by atoms with Crippen LogP contribution in [0.25, 0.3) is 0 Å². The Hall–Kier alpha value is -2.44. The number of nitro benzene ring substituents is 1. The van der Waals surface area contributed by atoms with Crippen molar-refractivity contribution in [1.82, 2.24) is 4.90 Å². The summed E-state index contributed by atoms with van der Waals surface area (Å²) in [6, 6.07) is 5.55. The van der Waals surface area contributed by atoms with E-state index in [4.69, 9.17) is 4.74 Å². The van der Waals surface area contributed by atoms with E-state index in [1.807, 2.05) is 0 Å². The van der Waals surface area contributed by atoms with E-state index in [2.05, 4.69) is 0 Å². The van der Waals surface area contributed by atoms with Crippen LogP contribution in [0, 0.1) is 10.1 Å². The number of nitro groups is 1. The molecular formula is C16H20N2O5. The van der Waals surface area contributed by atoms with Crippen LogP contribution in [0.4, 0.5) is 5.69 Å². The normalized spacial score (nSPS) is 16.3. The molecule has 0 aliphatic carbocycles. The van der Waals surface area contributed by atoms with Gasteiger partial charge in [0.2, 0.25) is 0 Å². The minimum atomic E-state index is -0.958. The topological polar surface area (TPSA) is 89.7 Å². The van der Waals surface area contributed by atoms with Crippen molar-refractivity contribution in [2.45, 2.75) is 38.7 Å². The molecule has 1 unspecified atom stereocenters. The lowest BCUT2D eigenvalue weighted by atomic mass is 10.2. The summed E-state index contributed by atoms with van der Waals surface area (Å²) in [5.41, 5.74) is -0.472. The molecule has 1 heterocycles. The highest BCUT2D eigenvalue weighted by atomic mass is 16.6. The third-order valence-electron chi connectivity index (χ3n) is 3.87. The molecule has 0 bridgehead atoms. The number of ether oxygens (including phenoxy) is 1. The van der Waals surface area contributed by atoms with Crippen molar-refractivity contribution in [1.29, 1.82) is 0 Å². The Kier molecular flexibility index (Phi) is 5.67. The molecule has 1 amide bonds. The van der Waals surface area contributed by atoms with E-state index in [0.717, 1.165) is 25.7 Å². The first kappa shape index (κ1) is 16.9. The SMILES string of the molecule is CC(OC(=O)c1ccccc1[N+](=O)[O-])C(=O)N1CCCCCC1. The summed E-state index contributed by atoms with van der Waals surface area (Å²) in [7, 11) is 0. The molecule has 2 rings (SSSR count). The predicted molar refractivity (Wildman–Crippen MR) is 83.0 cm³/mol. The molecule has 1 fully saturated rings. The number of hydrogen-bond acceptors (Lipinski definition) is 5. The predicted octanol–water partition coefficient (Wildman–Crippen LogP) is 2.54. The first-order valence-corrected chi connectivity index (χ1v) is 7.74. The van der Waals surface area contributed by atoms with Gasteiger partial charge in [-0.25, -0.2) is 4.79 Å². The van der Waals surface area contributed by atoms with Crippen LogP contribution in [0.1, 0.15) is 43.0 Å².